The van der Waals surface area contributed by atoms with Gasteiger partial charge in [-0.05, 0) is 82.1 Å². The third-order valence-electron chi connectivity index (χ3n) is 9.97. The van der Waals surface area contributed by atoms with E-state index in [4.69, 9.17) is 35.9 Å². The van der Waals surface area contributed by atoms with Crippen LogP contribution in [0.5, 0.6) is 0 Å². The highest BCUT2D eigenvalue weighted by atomic mass is 32.1. The molecule has 0 saturated carbocycles. The number of carbonyl (C=O) groups is 2. The van der Waals surface area contributed by atoms with Crippen molar-refractivity contribution in [3.8, 4) is 0 Å². The number of carbonyl (C=O) groups excluding carboxylic acids is 2. The minimum Gasteiger partial charge on any atom is -0.459 e. The Kier molecular flexibility index (Phi) is 14.6. The number of thiocarbonyl (C=S) groups is 1. The van der Waals surface area contributed by atoms with Gasteiger partial charge in [-0.25, -0.2) is 4.79 Å². The lowest BCUT2D eigenvalue weighted by Gasteiger charge is -2.46. The van der Waals surface area contributed by atoms with Gasteiger partial charge in [0.2, 0.25) is 0 Å². The zero-order valence-corrected chi connectivity index (χ0v) is 31.9. The number of alkyl carbamates (subject to hydrolysis) is 1. The number of nitrogens with zero attached hydrogens (tertiary/aromatic N) is 1. The number of Topliss-reactive ketones (excluding diaryl/α,β-unsaturated/α-hetero) is 1. The van der Waals surface area contributed by atoms with Crippen LogP contribution in [0.25, 0.3) is 0 Å². The number of amides is 1. The van der Waals surface area contributed by atoms with Crippen molar-refractivity contribution in [3.63, 3.8) is 0 Å². The maximum absolute atomic E-state index is 15.3. The first-order chi connectivity index (χ1) is 24.1. The first-order valence-corrected chi connectivity index (χ1v) is 18.5. The largest absolute Gasteiger partial charge is 0.459 e. The van der Waals surface area contributed by atoms with Crippen molar-refractivity contribution in [2.24, 2.45) is 17.3 Å². The average molecular weight is 731 g/mol. The minimum atomic E-state index is -1.19. The number of rotatable bonds is 8. The standard InChI is InChI=1S/C39H58N2O9S/c1-27-11-10-14-32(43)30-23-29(26-46-25-28-12-8-7-9-13-28)15-17-38(30,19-20-40-35(45)50-37(2,3)4)34(44)33(49-36(51)41(5)6)24-39(18-16-31(27)42)47-21-22-48-39/h7-10,12-14,23,27,30-33,42-43H,11,15-22,24-26H2,1-6H3,(H,40,45)/b14-10-/t27-,30+,31-,32+,33-,38+/m0/s1. The molecule has 1 spiro atoms. The molecule has 0 unspecified atom stereocenters. The fourth-order valence-electron chi connectivity index (χ4n) is 7.11. The van der Waals surface area contributed by atoms with Crippen molar-refractivity contribution < 1.29 is 43.5 Å². The molecule has 1 saturated heterocycles. The number of hydrogen-bond acceptors (Lipinski definition) is 10. The number of aliphatic hydroxyl groups is 2. The Morgan fingerprint density at radius 1 is 1.10 bits per heavy atom. The normalized spacial score (nSPS) is 29.3. The molecule has 2 aliphatic carbocycles. The molecule has 1 amide bonds. The molecule has 1 aromatic carbocycles. The van der Waals surface area contributed by atoms with Crippen molar-refractivity contribution >= 4 is 29.3 Å². The highest BCUT2D eigenvalue weighted by molar-refractivity contribution is 7.80. The lowest BCUT2D eigenvalue weighted by atomic mass is 9.60. The third-order valence-corrected chi connectivity index (χ3v) is 10.4. The number of benzene rings is 1. The van der Waals surface area contributed by atoms with Crippen molar-refractivity contribution in [2.75, 3.05) is 40.5 Å². The van der Waals surface area contributed by atoms with E-state index in [1.54, 1.807) is 45.8 Å². The molecule has 1 aromatic rings. The molecule has 1 aliphatic heterocycles. The topological polar surface area (TPSA) is 136 Å². The summed E-state index contributed by atoms with van der Waals surface area (Å²) in [5.74, 6) is -2.24. The Morgan fingerprint density at radius 3 is 2.47 bits per heavy atom. The summed E-state index contributed by atoms with van der Waals surface area (Å²) in [5.41, 5.74) is 0.127. The second-order valence-electron chi connectivity index (χ2n) is 15.3. The van der Waals surface area contributed by atoms with Gasteiger partial charge in [-0.3, -0.25) is 4.79 Å². The Balaban J connectivity index is 1.77. The number of fused-ring (bicyclic) bond motifs is 1. The number of ether oxygens (including phenoxy) is 5. The SMILES string of the molecule is C[C@H]1C/C=C\[C@@H](O)[C@H]2C=C(COCc3ccccc3)CC[C@]2(CCNC(=O)OC(C)(C)C)C(=O)[C@@H](OC(=S)N(C)C)CC2(CC[C@@H]1O)OCCO2. The monoisotopic (exact) mass is 730 g/mol. The van der Waals surface area contributed by atoms with Crippen LogP contribution in [-0.2, 0) is 35.1 Å². The third kappa shape index (κ3) is 11.6. The van der Waals surface area contributed by atoms with Gasteiger partial charge in [-0.1, -0.05) is 55.5 Å². The van der Waals surface area contributed by atoms with Crippen LogP contribution in [0, 0.1) is 17.3 Å². The molecule has 0 bridgehead atoms. The second-order valence-corrected chi connectivity index (χ2v) is 15.7. The van der Waals surface area contributed by atoms with E-state index in [9.17, 15) is 15.0 Å². The van der Waals surface area contributed by atoms with E-state index in [0.717, 1.165) is 11.1 Å². The summed E-state index contributed by atoms with van der Waals surface area (Å²) in [4.78, 5) is 29.7. The zero-order chi connectivity index (χ0) is 37.2. The van der Waals surface area contributed by atoms with Crippen LogP contribution >= 0.6 is 12.2 Å². The van der Waals surface area contributed by atoms with Gasteiger partial charge in [-0.15, -0.1) is 0 Å². The first kappa shape index (κ1) is 40.9. The number of hydrogen-bond donors (Lipinski definition) is 3. The molecule has 4 rings (SSSR count). The lowest BCUT2D eigenvalue weighted by Crippen LogP contribution is -2.54. The van der Waals surface area contributed by atoms with Gasteiger partial charge in [-0.2, -0.15) is 0 Å². The van der Waals surface area contributed by atoms with Gasteiger partial charge < -0.3 is 44.1 Å². The van der Waals surface area contributed by atoms with Crippen LogP contribution in [0.4, 0.5) is 4.79 Å². The van der Waals surface area contributed by atoms with Gasteiger partial charge in [0, 0.05) is 44.8 Å². The van der Waals surface area contributed by atoms with E-state index < -0.39 is 47.1 Å². The van der Waals surface area contributed by atoms with E-state index in [-0.39, 0.29) is 36.3 Å². The lowest BCUT2D eigenvalue weighted by molar-refractivity contribution is -0.190. The van der Waals surface area contributed by atoms with Crippen LogP contribution in [0.15, 0.2) is 54.1 Å². The summed E-state index contributed by atoms with van der Waals surface area (Å²) in [6.45, 7) is 8.90. The molecular weight excluding hydrogens is 673 g/mol. The fraction of sp³-hybridized carbons (Fsp3) is 0.667. The van der Waals surface area contributed by atoms with Gasteiger partial charge in [0.25, 0.3) is 5.17 Å². The van der Waals surface area contributed by atoms with Crippen molar-refractivity contribution in [3.05, 3.63) is 59.7 Å². The zero-order valence-electron chi connectivity index (χ0n) is 31.1. The Morgan fingerprint density at radius 2 is 1.80 bits per heavy atom. The van der Waals surface area contributed by atoms with E-state index in [1.807, 2.05) is 49.4 Å². The van der Waals surface area contributed by atoms with E-state index >= 15 is 4.79 Å². The molecule has 0 aromatic heterocycles. The Hall–Kier alpha value is -2.87. The molecule has 1 fully saturated rings. The summed E-state index contributed by atoms with van der Waals surface area (Å²) in [6.07, 6.45) is 4.56. The number of nitrogens with one attached hydrogen (secondary N) is 1. The van der Waals surface area contributed by atoms with Crippen LogP contribution in [-0.4, -0.2) is 102 Å². The Bertz CT molecular complexity index is 1370. The van der Waals surface area contributed by atoms with E-state index in [0.29, 0.717) is 58.5 Å². The maximum atomic E-state index is 15.3. The summed E-state index contributed by atoms with van der Waals surface area (Å²) in [5, 5.41) is 26.0. The fourth-order valence-corrected chi connectivity index (χ4v) is 7.23. The van der Waals surface area contributed by atoms with Gasteiger partial charge in [0.1, 0.15) is 5.60 Å². The molecule has 284 valence electrons. The molecule has 0 radical (unpaired) electrons. The summed E-state index contributed by atoms with van der Waals surface area (Å²) >= 11 is 5.59. The van der Waals surface area contributed by atoms with E-state index in [2.05, 4.69) is 5.32 Å². The highest BCUT2D eigenvalue weighted by Gasteiger charge is 2.53. The molecule has 1 heterocycles. The van der Waals surface area contributed by atoms with Crippen molar-refractivity contribution in [1.82, 2.24) is 10.2 Å². The van der Waals surface area contributed by atoms with E-state index in [1.165, 1.54) is 0 Å². The molecule has 3 aliphatic rings. The van der Waals surface area contributed by atoms with Crippen LogP contribution in [0.2, 0.25) is 0 Å². The van der Waals surface area contributed by atoms with Crippen molar-refractivity contribution in [2.45, 2.75) is 109 Å². The summed E-state index contributed by atoms with van der Waals surface area (Å²) in [7, 11) is 3.49. The maximum Gasteiger partial charge on any atom is 0.407 e. The highest BCUT2D eigenvalue weighted by Crippen LogP contribution is 2.48. The predicted molar refractivity (Wildman–Crippen MR) is 198 cm³/mol. The smallest absolute Gasteiger partial charge is 0.407 e. The van der Waals surface area contributed by atoms with Crippen LogP contribution in [0.3, 0.4) is 0 Å². The average Bonchev–Trinajstić information content (AvgIpc) is 3.54. The predicted octanol–water partition coefficient (Wildman–Crippen LogP) is 5.47. The van der Waals surface area contributed by atoms with Crippen molar-refractivity contribution in [1.29, 1.82) is 0 Å². The molecule has 3 N–H and O–H groups in total. The van der Waals surface area contributed by atoms with Crippen LogP contribution in [0.1, 0.15) is 78.2 Å². The van der Waals surface area contributed by atoms with Gasteiger partial charge in [0.15, 0.2) is 17.7 Å². The van der Waals surface area contributed by atoms with Gasteiger partial charge >= 0.3 is 6.09 Å². The quantitative estimate of drug-likeness (QED) is 0.232. The molecule has 51 heavy (non-hydrogen) atoms. The Labute approximate surface area is 308 Å². The molecule has 11 nitrogen and oxygen atoms in total. The molecule has 6 atom stereocenters. The minimum absolute atomic E-state index is 0.0393. The summed E-state index contributed by atoms with van der Waals surface area (Å²) < 4.78 is 30.4. The number of allylic oxidation sites excluding steroid dienone is 1. The van der Waals surface area contributed by atoms with Crippen LogP contribution < -0.4 is 5.32 Å². The first-order valence-electron chi connectivity index (χ1n) is 18.1. The van der Waals surface area contributed by atoms with Gasteiger partial charge in [0.05, 0.1) is 38.6 Å². The second kappa shape index (κ2) is 18.3. The number of ketones is 1. The molecular formula is C39H58N2O9S. The summed E-state index contributed by atoms with van der Waals surface area (Å²) in [6, 6.07) is 9.90. The number of aliphatic hydroxyl groups excluding tert-OH is 2. The molecule has 12 heteroatoms.